The molecule has 37 heavy (non-hydrogen) atoms. The van der Waals surface area contributed by atoms with E-state index in [1.165, 1.54) is 0 Å². The highest BCUT2D eigenvalue weighted by Gasteiger charge is 2.12. The quantitative estimate of drug-likeness (QED) is 0.334. The molecular formula is C25H18N10OS. The van der Waals surface area contributed by atoms with E-state index in [1.807, 2.05) is 37.3 Å². The van der Waals surface area contributed by atoms with Crippen molar-refractivity contribution in [1.82, 2.24) is 39.6 Å². The van der Waals surface area contributed by atoms with Crippen LogP contribution in [0.25, 0.3) is 22.6 Å². The minimum atomic E-state index is -0.307. The summed E-state index contributed by atoms with van der Waals surface area (Å²) in [6.45, 7) is 2.15. The van der Waals surface area contributed by atoms with Crippen LogP contribution in [-0.2, 0) is 6.54 Å². The lowest BCUT2D eigenvalue weighted by atomic mass is 10.1. The van der Waals surface area contributed by atoms with Gasteiger partial charge in [-0.05, 0) is 54.4 Å². The van der Waals surface area contributed by atoms with Gasteiger partial charge in [-0.2, -0.15) is 14.6 Å². The fourth-order valence-corrected chi connectivity index (χ4v) is 3.77. The zero-order valence-corrected chi connectivity index (χ0v) is 20.3. The van der Waals surface area contributed by atoms with Crippen molar-refractivity contribution in [3.63, 3.8) is 0 Å². The molecule has 0 atom stereocenters. The molecule has 5 aromatic rings. The number of nitrogens with one attached hydrogen (secondary N) is 2. The second-order valence-electron chi connectivity index (χ2n) is 7.79. The average molecular weight is 507 g/mol. The number of aryl methyl sites for hydroxylation is 1. The molecule has 1 amide bonds. The molecule has 180 valence electrons. The van der Waals surface area contributed by atoms with E-state index in [0.29, 0.717) is 29.4 Å². The van der Waals surface area contributed by atoms with Crippen molar-refractivity contribution in [3.05, 3.63) is 89.2 Å². The predicted molar refractivity (Wildman–Crippen MR) is 137 cm³/mol. The molecule has 0 unspecified atom stereocenters. The van der Waals surface area contributed by atoms with E-state index < -0.39 is 0 Å². The van der Waals surface area contributed by atoms with Crippen LogP contribution in [0.2, 0.25) is 0 Å². The zero-order chi connectivity index (χ0) is 25.6. The molecule has 5 heterocycles. The molecule has 5 aromatic heterocycles. The number of amides is 1. The number of nitrogens with zero attached hydrogens (tertiary/aromatic N) is 8. The summed E-state index contributed by atoms with van der Waals surface area (Å²) in [7, 11) is 0. The molecule has 0 aliphatic carbocycles. The Labute approximate surface area is 215 Å². The molecule has 0 radical (unpaired) electrons. The van der Waals surface area contributed by atoms with Crippen LogP contribution < -0.4 is 10.6 Å². The lowest BCUT2D eigenvalue weighted by Gasteiger charge is -2.08. The number of aromatic nitrogens is 7. The Morgan fingerprint density at radius 2 is 1.95 bits per heavy atom. The van der Waals surface area contributed by atoms with E-state index in [2.05, 4.69) is 44.9 Å². The van der Waals surface area contributed by atoms with Crippen LogP contribution in [0.5, 0.6) is 0 Å². The van der Waals surface area contributed by atoms with Crippen molar-refractivity contribution in [3.8, 4) is 28.7 Å². The van der Waals surface area contributed by atoms with Crippen LogP contribution in [0, 0.1) is 18.3 Å². The third-order valence-corrected chi connectivity index (χ3v) is 5.72. The normalized spacial score (nSPS) is 10.5. The number of anilines is 2. The Morgan fingerprint density at radius 1 is 1.03 bits per heavy atom. The molecule has 0 aromatic carbocycles. The van der Waals surface area contributed by atoms with Crippen LogP contribution in [0.15, 0.2) is 67.3 Å². The lowest BCUT2D eigenvalue weighted by molar-refractivity contribution is 0.0946. The maximum Gasteiger partial charge on any atom is 0.270 e. The van der Waals surface area contributed by atoms with E-state index in [4.69, 9.17) is 5.26 Å². The first kappa shape index (κ1) is 23.6. The maximum atomic E-state index is 12.6. The monoisotopic (exact) mass is 506 g/mol. The fourth-order valence-electron chi connectivity index (χ4n) is 3.34. The van der Waals surface area contributed by atoms with Crippen molar-refractivity contribution >= 4 is 29.2 Å². The first-order chi connectivity index (χ1) is 18.1. The molecule has 0 aliphatic heterocycles. The van der Waals surface area contributed by atoms with Crippen molar-refractivity contribution < 1.29 is 4.79 Å². The van der Waals surface area contributed by atoms with Crippen molar-refractivity contribution in [2.75, 3.05) is 5.32 Å². The first-order valence-corrected chi connectivity index (χ1v) is 11.8. The second-order valence-corrected chi connectivity index (χ2v) is 8.54. The lowest BCUT2D eigenvalue weighted by Crippen LogP contribution is -2.23. The third-order valence-electron chi connectivity index (χ3n) is 5.11. The van der Waals surface area contributed by atoms with Crippen molar-refractivity contribution in [2.45, 2.75) is 13.5 Å². The minimum Gasteiger partial charge on any atom is -0.347 e. The Morgan fingerprint density at radius 3 is 2.65 bits per heavy atom. The van der Waals surface area contributed by atoms with Gasteiger partial charge in [0, 0.05) is 54.2 Å². The van der Waals surface area contributed by atoms with Gasteiger partial charge in [-0.25, -0.2) is 9.97 Å². The summed E-state index contributed by atoms with van der Waals surface area (Å²) in [5.74, 6) is 0.892. The van der Waals surface area contributed by atoms with Gasteiger partial charge in [0.1, 0.15) is 17.6 Å². The Balaban J connectivity index is 1.23. The summed E-state index contributed by atoms with van der Waals surface area (Å²) in [4.78, 5) is 38.4. The van der Waals surface area contributed by atoms with E-state index >= 15 is 0 Å². The molecule has 2 N–H and O–H groups in total. The largest absolute Gasteiger partial charge is 0.347 e. The molecule has 0 bridgehead atoms. The molecule has 0 saturated carbocycles. The molecular weight excluding hydrogens is 488 g/mol. The summed E-state index contributed by atoms with van der Waals surface area (Å²) in [6.07, 6.45) is 6.74. The standard InChI is InChI=1S/C25H18N10OS/c1-15-9-21(33-25-34-22(10-26)37-35-25)32-23(31-15)18-5-7-20(29-14-18)24(36)30-12-16-4-6-19(28-11-16)17-3-2-8-27-13-17/h2-9,11,13-14H,12H2,1H3,(H,30,36)(H,31,32,33,35). The number of hydrogen-bond donors (Lipinski definition) is 2. The smallest absolute Gasteiger partial charge is 0.270 e. The summed E-state index contributed by atoms with van der Waals surface area (Å²) in [5, 5.41) is 15.0. The van der Waals surface area contributed by atoms with Crippen molar-refractivity contribution in [2.24, 2.45) is 0 Å². The van der Waals surface area contributed by atoms with Gasteiger partial charge in [0.25, 0.3) is 5.91 Å². The highest BCUT2D eigenvalue weighted by Crippen LogP contribution is 2.20. The molecule has 0 spiro atoms. The number of carbonyl (C=O) groups excluding carboxylic acids is 1. The van der Waals surface area contributed by atoms with Gasteiger partial charge in [-0.3, -0.25) is 19.7 Å². The van der Waals surface area contributed by atoms with Crippen LogP contribution in [0.4, 0.5) is 11.8 Å². The van der Waals surface area contributed by atoms with Gasteiger partial charge in [-0.15, -0.1) is 0 Å². The summed E-state index contributed by atoms with van der Waals surface area (Å²) in [5.41, 5.74) is 4.23. The highest BCUT2D eigenvalue weighted by molar-refractivity contribution is 7.06. The highest BCUT2D eigenvalue weighted by atomic mass is 32.1. The minimum absolute atomic E-state index is 0.254. The third kappa shape index (κ3) is 5.75. The molecule has 5 rings (SSSR count). The Hall–Kier alpha value is -5.15. The zero-order valence-electron chi connectivity index (χ0n) is 19.5. The van der Waals surface area contributed by atoms with Crippen LogP contribution in [0.3, 0.4) is 0 Å². The van der Waals surface area contributed by atoms with Gasteiger partial charge < -0.3 is 10.6 Å². The predicted octanol–water partition coefficient (Wildman–Crippen LogP) is 3.70. The Bertz CT molecular complexity index is 1580. The molecule has 11 nitrogen and oxygen atoms in total. The molecule has 0 saturated heterocycles. The van der Waals surface area contributed by atoms with Gasteiger partial charge in [0.15, 0.2) is 5.82 Å². The van der Waals surface area contributed by atoms with Crippen LogP contribution >= 0.6 is 11.5 Å². The van der Waals surface area contributed by atoms with Gasteiger partial charge in [0.05, 0.1) is 5.69 Å². The van der Waals surface area contributed by atoms with E-state index in [9.17, 15) is 4.79 Å². The average Bonchev–Trinajstić information content (AvgIpc) is 3.40. The molecule has 12 heteroatoms. The van der Waals surface area contributed by atoms with Crippen LogP contribution in [0.1, 0.15) is 26.8 Å². The first-order valence-electron chi connectivity index (χ1n) is 11.0. The van der Waals surface area contributed by atoms with Gasteiger partial charge in [0.2, 0.25) is 11.0 Å². The second kappa shape index (κ2) is 10.6. The topological polar surface area (TPSA) is 155 Å². The number of hydrogen-bond acceptors (Lipinski definition) is 11. The summed E-state index contributed by atoms with van der Waals surface area (Å²) < 4.78 is 4.08. The van der Waals surface area contributed by atoms with Gasteiger partial charge >= 0.3 is 0 Å². The number of nitriles is 1. The molecule has 0 aliphatic rings. The maximum absolute atomic E-state index is 12.6. The van der Waals surface area contributed by atoms with E-state index in [1.54, 1.807) is 43.0 Å². The Kier molecular flexibility index (Phi) is 6.78. The molecule has 0 fully saturated rings. The summed E-state index contributed by atoms with van der Waals surface area (Å²) >= 11 is 0.998. The fraction of sp³-hybridized carbons (Fsp3) is 0.0800. The number of carbonyl (C=O) groups is 1. The SMILES string of the molecule is Cc1cc(Nc2nsc(C#N)n2)nc(-c2ccc(C(=O)NCc3ccc(-c4cccnc4)nc3)nc2)n1. The van der Waals surface area contributed by atoms with Crippen molar-refractivity contribution in [1.29, 1.82) is 5.26 Å². The van der Waals surface area contributed by atoms with Crippen LogP contribution in [-0.4, -0.2) is 40.2 Å². The van der Waals surface area contributed by atoms with E-state index in [0.717, 1.165) is 28.4 Å². The summed E-state index contributed by atoms with van der Waals surface area (Å²) in [6, 6.07) is 14.6. The number of rotatable bonds is 7. The van der Waals surface area contributed by atoms with E-state index in [-0.39, 0.29) is 22.6 Å². The number of pyridine rings is 3. The van der Waals surface area contributed by atoms with Gasteiger partial charge in [-0.1, -0.05) is 6.07 Å².